The van der Waals surface area contributed by atoms with Crippen LogP contribution in [0.4, 0.5) is 11.6 Å². The van der Waals surface area contributed by atoms with Gasteiger partial charge in [0, 0.05) is 18.4 Å². The van der Waals surface area contributed by atoms with Crippen molar-refractivity contribution in [2.45, 2.75) is 26.3 Å². The average molecular weight is 348 g/mol. The van der Waals surface area contributed by atoms with Crippen LogP contribution in [0.15, 0.2) is 48.7 Å². The van der Waals surface area contributed by atoms with Crippen LogP contribution in [0.5, 0.6) is 0 Å². The van der Waals surface area contributed by atoms with Crippen LogP contribution in [0, 0.1) is 0 Å². The lowest BCUT2D eigenvalue weighted by Gasteiger charge is -2.09. The summed E-state index contributed by atoms with van der Waals surface area (Å²) in [7, 11) is 5.81. The van der Waals surface area contributed by atoms with Crippen molar-refractivity contribution in [3.05, 3.63) is 54.2 Å². The maximum Gasteiger partial charge on any atom is 0.227 e. The van der Waals surface area contributed by atoms with E-state index in [1.54, 1.807) is 6.20 Å². The number of rotatable bonds is 8. The zero-order valence-electron chi connectivity index (χ0n) is 14.3. The van der Waals surface area contributed by atoms with E-state index in [1.807, 2.05) is 30.3 Å². The van der Waals surface area contributed by atoms with Gasteiger partial charge in [0.05, 0.1) is 10.6 Å². The van der Waals surface area contributed by atoms with E-state index in [4.69, 9.17) is 7.85 Å². The van der Waals surface area contributed by atoms with Crippen LogP contribution >= 0.6 is 11.3 Å². The second-order valence-electron chi connectivity index (χ2n) is 5.82. The van der Waals surface area contributed by atoms with Gasteiger partial charge in [0.15, 0.2) is 0 Å². The number of nitrogens with zero attached hydrogens (tertiary/aromatic N) is 2. The third kappa shape index (κ3) is 5.15. The standard InChI is InChI=1S/C19H21BN4S/c1-2-3-10-21-13-14-5-4-6-15(12-14)23-19-22-11-9-16(24-19)17-7-8-18(20)25-17/h4-9,11-12,21H,2-3,10,13H2,1H3,(H,22,23,24). The summed E-state index contributed by atoms with van der Waals surface area (Å²) in [6.45, 7) is 4.11. The molecule has 0 saturated heterocycles. The van der Waals surface area contributed by atoms with E-state index in [9.17, 15) is 0 Å². The first-order chi connectivity index (χ1) is 12.2. The molecule has 3 aromatic rings. The van der Waals surface area contributed by atoms with Crippen molar-refractivity contribution >= 4 is 35.6 Å². The summed E-state index contributed by atoms with van der Waals surface area (Å²) in [6, 6.07) is 14.1. The smallest absolute Gasteiger partial charge is 0.227 e. The number of unbranched alkanes of at least 4 members (excludes halogenated alkanes) is 1. The van der Waals surface area contributed by atoms with E-state index in [0.717, 1.165) is 34.1 Å². The summed E-state index contributed by atoms with van der Waals surface area (Å²) in [5, 5.41) is 6.74. The maximum absolute atomic E-state index is 5.81. The number of anilines is 2. The van der Waals surface area contributed by atoms with Crippen molar-refractivity contribution in [3.63, 3.8) is 0 Å². The molecule has 126 valence electrons. The Bertz CT molecular complexity index is 818. The molecule has 6 heteroatoms. The minimum atomic E-state index is 0.584. The zero-order valence-corrected chi connectivity index (χ0v) is 15.1. The Kier molecular flexibility index (Phi) is 6.20. The number of nitrogens with one attached hydrogen (secondary N) is 2. The Morgan fingerprint density at radius 1 is 1.16 bits per heavy atom. The SMILES string of the molecule is [B]c1ccc(-c2ccnc(Nc3cccc(CNCCCC)c3)n2)s1. The van der Waals surface area contributed by atoms with Gasteiger partial charge in [-0.05, 0) is 47.6 Å². The van der Waals surface area contributed by atoms with Crippen LogP contribution in [-0.2, 0) is 6.54 Å². The van der Waals surface area contributed by atoms with Crippen LogP contribution in [0.1, 0.15) is 25.3 Å². The number of hydrogen-bond acceptors (Lipinski definition) is 5. The van der Waals surface area contributed by atoms with Crippen molar-refractivity contribution in [2.24, 2.45) is 0 Å². The summed E-state index contributed by atoms with van der Waals surface area (Å²) < 4.78 is 0.784. The second kappa shape index (κ2) is 8.78. The van der Waals surface area contributed by atoms with Gasteiger partial charge in [0.1, 0.15) is 7.85 Å². The lowest BCUT2D eigenvalue weighted by molar-refractivity contribution is 0.641. The highest BCUT2D eigenvalue weighted by Gasteiger charge is 2.05. The normalized spacial score (nSPS) is 10.8. The fraction of sp³-hybridized carbons (Fsp3) is 0.263. The lowest BCUT2D eigenvalue weighted by atomic mass is 10.1. The van der Waals surface area contributed by atoms with E-state index in [2.05, 4.69) is 39.7 Å². The molecule has 2 radical (unpaired) electrons. The molecule has 0 saturated carbocycles. The number of benzene rings is 1. The molecule has 0 aliphatic heterocycles. The molecule has 0 aliphatic rings. The van der Waals surface area contributed by atoms with Crippen molar-refractivity contribution in [1.29, 1.82) is 0 Å². The Morgan fingerprint density at radius 2 is 2.08 bits per heavy atom. The second-order valence-corrected chi connectivity index (χ2v) is 6.94. The molecule has 25 heavy (non-hydrogen) atoms. The molecule has 0 unspecified atom stereocenters. The lowest BCUT2D eigenvalue weighted by Crippen LogP contribution is -2.14. The molecule has 2 aromatic heterocycles. The van der Waals surface area contributed by atoms with Crippen LogP contribution in [-0.4, -0.2) is 24.4 Å². The third-order valence-electron chi connectivity index (χ3n) is 3.75. The van der Waals surface area contributed by atoms with E-state index in [-0.39, 0.29) is 0 Å². The highest BCUT2D eigenvalue weighted by Crippen LogP contribution is 2.22. The van der Waals surface area contributed by atoms with Gasteiger partial charge in [-0.25, -0.2) is 9.97 Å². The van der Waals surface area contributed by atoms with Crippen molar-refractivity contribution in [3.8, 4) is 10.6 Å². The largest absolute Gasteiger partial charge is 0.324 e. The average Bonchev–Trinajstić information content (AvgIpc) is 3.06. The molecule has 1 aromatic carbocycles. The molecule has 2 heterocycles. The molecule has 0 aliphatic carbocycles. The van der Waals surface area contributed by atoms with E-state index >= 15 is 0 Å². The predicted molar refractivity (Wildman–Crippen MR) is 107 cm³/mol. The van der Waals surface area contributed by atoms with Gasteiger partial charge < -0.3 is 10.6 Å². The van der Waals surface area contributed by atoms with Crippen molar-refractivity contribution in [1.82, 2.24) is 15.3 Å². The molecular weight excluding hydrogens is 327 g/mol. The van der Waals surface area contributed by atoms with Crippen LogP contribution in [0.25, 0.3) is 10.6 Å². The van der Waals surface area contributed by atoms with Crippen LogP contribution < -0.4 is 15.4 Å². The first kappa shape index (κ1) is 17.6. The summed E-state index contributed by atoms with van der Waals surface area (Å²) in [4.78, 5) is 9.94. The van der Waals surface area contributed by atoms with Gasteiger partial charge in [-0.1, -0.05) is 31.5 Å². The Balaban J connectivity index is 1.68. The molecule has 0 atom stereocenters. The molecule has 2 N–H and O–H groups in total. The van der Waals surface area contributed by atoms with Gasteiger partial charge in [-0.15, -0.1) is 0 Å². The fourth-order valence-electron chi connectivity index (χ4n) is 2.47. The highest BCUT2D eigenvalue weighted by atomic mass is 32.1. The van der Waals surface area contributed by atoms with Crippen molar-refractivity contribution in [2.75, 3.05) is 11.9 Å². The number of thiophene rings is 1. The minimum absolute atomic E-state index is 0.584. The van der Waals surface area contributed by atoms with Crippen molar-refractivity contribution < 1.29 is 0 Å². The first-order valence-corrected chi connectivity index (χ1v) is 9.31. The quantitative estimate of drug-likeness (QED) is 0.482. The predicted octanol–water partition coefficient (Wildman–Crippen LogP) is 3.63. The maximum atomic E-state index is 5.81. The Morgan fingerprint density at radius 3 is 2.88 bits per heavy atom. The first-order valence-electron chi connectivity index (χ1n) is 8.50. The molecule has 0 fully saturated rings. The monoisotopic (exact) mass is 348 g/mol. The summed E-state index contributed by atoms with van der Waals surface area (Å²) >= 11 is 1.52. The number of aromatic nitrogens is 2. The Hall–Kier alpha value is -2.18. The van der Waals surface area contributed by atoms with E-state index < -0.39 is 0 Å². The summed E-state index contributed by atoms with van der Waals surface area (Å²) in [5.41, 5.74) is 3.09. The highest BCUT2D eigenvalue weighted by molar-refractivity contribution is 7.23. The Labute approximate surface area is 154 Å². The van der Waals surface area contributed by atoms with Crippen LogP contribution in [0.3, 0.4) is 0 Å². The van der Waals surface area contributed by atoms with Gasteiger partial charge in [0.2, 0.25) is 5.95 Å². The van der Waals surface area contributed by atoms with Gasteiger partial charge >= 0.3 is 0 Å². The molecule has 0 amide bonds. The molecule has 0 spiro atoms. The van der Waals surface area contributed by atoms with Crippen LogP contribution in [0.2, 0.25) is 0 Å². The van der Waals surface area contributed by atoms with Gasteiger partial charge in [-0.2, -0.15) is 11.3 Å². The molecule has 3 rings (SSSR count). The molecular formula is C19H21BN4S. The topological polar surface area (TPSA) is 49.8 Å². The minimum Gasteiger partial charge on any atom is -0.324 e. The molecule has 0 bridgehead atoms. The number of hydrogen-bond donors (Lipinski definition) is 2. The molecule has 4 nitrogen and oxygen atoms in total. The summed E-state index contributed by atoms with van der Waals surface area (Å²) in [6.07, 6.45) is 4.17. The third-order valence-corrected chi connectivity index (χ3v) is 4.69. The van der Waals surface area contributed by atoms with E-state index in [1.165, 1.54) is 29.7 Å². The van der Waals surface area contributed by atoms with E-state index in [0.29, 0.717) is 5.95 Å². The van der Waals surface area contributed by atoms with Gasteiger partial charge in [0.25, 0.3) is 0 Å². The summed E-state index contributed by atoms with van der Waals surface area (Å²) in [5.74, 6) is 0.584. The zero-order chi connectivity index (χ0) is 17.5. The fourth-order valence-corrected chi connectivity index (χ4v) is 3.21. The van der Waals surface area contributed by atoms with Gasteiger partial charge in [-0.3, -0.25) is 0 Å².